The van der Waals surface area contributed by atoms with Gasteiger partial charge in [-0.05, 0) is 24.6 Å². The maximum Gasteiger partial charge on any atom is 0.266 e. The summed E-state index contributed by atoms with van der Waals surface area (Å²) in [5, 5.41) is 0. The molecule has 0 radical (unpaired) electrons. The van der Waals surface area contributed by atoms with Crippen LogP contribution in [0.1, 0.15) is 12.1 Å². The number of carbonyl (C=O) groups excluding carboxylic acids is 1. The molecule has 4 rings (SSSR count). The van der Waals surface area contributed by atoms with E-state index < -0.39 is 0 Å². The van der Waals surface area contributed by atoms with Gasteiger partial charge in [0.15, 0.2) is 0 Å². The Hall–Kier alpha value is -1.87. The van der Waals surface area contributed by atoms with Gasteiger partial charge in [0.2, 0.25) is 0 Å². The topological polar surface area (TPSA) is 58.6 Å². The Labute approximate surface area is 167 Å². The highest BCUT2D eigenvalue weighted by Crippen LogP contribution is 2.32. The molecule has 6 nitrogen and oxygen atoms in total. The largest absolute Gasteiger partial charge is 0.379 e. The molecular formula is C19H20N4O2S2. The van der Waals surface area contributed by atoms with Crippen molar-refractivity contribution < 1.29 is 9.53 Å². The van der Waals surface area contributed by atoms with E-state index in [0.29, 0.717) is 21.5 Å². The summed E-state index contributed by atoms with van der Waals surface area (Å²) in [6, 6.07) is 7.68. The summed E-state index contributed by atoms with van der Waals surface area (Å²) >= 11 is 6.75. The van der Waals surface area contributed by atoms with Gasteiger partial charge in [0.05, 0.1) is 41.0 Å². The second-order valence-corrected chi connectivity index (χ2v) is 8.10. The molecule has 0 spiro atoms. The van der Waals surface area contributed by atoms with Gasteiger partial charge >= 0.3 is 0 Å². The van der Waals surface area contributed by atoms with Crippen molar-refractivity contribution in [1.29, 1.82) is 0 Å². The summed E-state index contributed by atoms with van der Waals surface area (Å²) in [5.41, 5.74) is 2.32. The molecule has 2 aliphatic rings. The molecular weight excluding hydrogens is 380 g/mol. The Morgan fingerprint density at radius 1 is 1.19 bits per heavy atom. The van der Waals surface area contributed by atoms with E-state index in [1.54, 1.807) is 17.2 Å². The van der Waals surface area contributed by atoms with E-state index >= 15 is 0 Å². The Balaban J connectivity index is 1.41. The number of aromatic nitrogens is 2. The van der Waals surface area contributed by atoms with Crippen LogP contribution in [0.15, 0.2) is 35.4 Å². The van der Waals surface area contributed by atoms with Crippen molar-refractivity contribution in [2.45, 2.75) is 6.42 Å². The van der Waals surface area contributed by atoms with Crippen molar-refractivity contribution in [2.24, 2.45) is 0 Å². The van der Waals surface area contributed by atoms with Crippen LogP contribution in [0, 0.1) is 0 Å². The number of benzene rings is 1. The van der Waals surface area contributed by atoms with Crippen molar-refractivity contribution in [2.75, 3.05) is 39.4 Å². The van der Waals surface area contributed by atoms with Crippen LogP contribution in [-0.2, 0) is 9.53 Å². The highest BCUT2D eigenvalue weighted by molar-refractivity contribution is 8.26. The quantitative estimate of drug-likeness (QED) is 0.565. The number of morpholine rings is 1. The van der Waals surface area contributed by atoms with Gasteiger partial charge < -0.3 is 4.74 Å². The molecule has 2 aromatic rings. The van der Waals surface area contributed by atoms with Crippen LogP contribution < -0.4 is 0 Å². The lowest BCUT2D eigenvalue weighted by Crippen LogP contribution is -2.38. The number of thioether (sulfide) groups is 1. The fourth-order valence-electron chi connectivity index (χ4n) is 3.15. The van der Waals surface area contributed by atoms with Crippen LogP contribution >= 0.6 is 24.0 Å². The van der Waals surface area contributed by atoms with Gasteiger partial charge in [-0.15, -0.1) is 0 Å². The zero-order chi connectivity index (χ0) is 18.6. The minimum atomic E-state index is -0.0399. The summed E-state index contributed by atoms with van der Waals surface area (Å²) in [4.78, 5) is 26.4. The highest BCUT2D eigenvalue weighted by atomic mass is 32.2. The minimum absolute atomic E-state index is 0.0399. The molecule has 140 valence electrons. The molecule has 1 aromatic heterocycles. The molecule has 2 aliphatic heterocycles. The number of carbonyl (C=O) groups is 1. The first kappa shape index (κ1) is 18.5. The van der Waals surface area contributed by atoms with E-state index in [4.69, 9.17) is 17.0 Å². The van der Waals surface area contributed by atoms with Crippen LogP contribution in [0.3, 0.4) is 0 Å². The normalized spacial score (nSPS) is 20.1. The number of ether oxygens (including phenoxy) is 1. The summed E-state index contributed by atoms with van der Waals surface area (Å²) in [7, 11) is 0. The van der Waals surface area contributed by atoms with Gasteiger partial charge in [-0.3, -0.25) is 19.6 Å². The van der Waals surface area contributed by atoms with Gasteiger partial charge in [-0.25, -0.2) is 4.98 Å². The lowest BCUT2D eigenvalue weighted by Gasteiger charge is -2.27. The maximum atomic E-state index is 12.7. The van der Waals surface area contributed by atoms with E-state index in [-0.39, 0.29) is 5.91 Å². The molecule has 0 unspecified atom stereocenters. The van der Waals surface area contributed by atoms with Crippen LogP contribution in [-0.4, -0.2) is 69.4 Å². The van der Waals surface area contributed by atoms with Crippen molar-refractivity contribution in [3.63, 3.8) is 0 Å². The first-order valence-corrected chi connectivity index (χ1v) is 10.2. The summed E-state index contributed by atoms with van der Waals surface area (Å²) in [6.07, 6.45) is 4.36. The molecule has 3 heterocycles. The van der Waals surface area contributed by atoms with Crippen LogP contribution in [0.25, 0.3) is 17.1 Å². The zero-order valence-corrected chi connectivity index (χ0v) is 16.5. The SMILES string of the molecule is O=C1/C(=C/c2cnc3ccccc3n2)SC(=S)N1CCCN1CCOCC1. The molecule has 0 saturated carbocycles. The predicted molar refractivity (Wildman–Crippen MR) is 111 cm³/mol. The number of thiocarbonyl (C=S) groups is 1. The molecule has 8 heteroatoms. The monoisotopic (exact) mass is 400 g/mol. The number of para-hydroxylation sites is 2. The van der Waals surface area contributed by atoms with Crippen LogP contribution in [0.2, 0.25) is 0 Å². The Bertz CT molecular complexity index is 896. The van der Waals surface area contributed by atoms with Crippen molar-refractivity contribution in [3.05, 3.63) is 41.1 Å². The Morgan fingerprint density at radius 3 is 2.78 bits per heavy atom. The second-order valence-electron chi connectivity index (χ2n) is 6.42. The summed E-state index contributed by atoms with van der Waals surface area (Å²) in [6.45, 7) is 5.09. The van der Waals surface area contributed by atoms with Crippen molar-refractivity contribution in [1.82, 2.24) is 19.8 Å². The van der Waals surface area contributed by atoms with Gasteiger partial charge in [0.25, 0.3) is 5.91 Å². The second kappa shape index (κ2) is 8.43. The first-order chi connectivity index (χ1) is 13.2. The van der Waals surface area contributed by atoms with E-state index in [9.17, 15) is 4.79 Å². The minimum Gasteiger partial charge on any atom is -0.379 e. The molecule has 0 N–H and O–H groups in total. The third-order valence-electron chi connectivity index (χ3n) is 4.58. The fourth-order valence-corrected chi connectivity index (χ4v) is 4.44. The number of nitrogens with zero attached hydrogens (tertiary/aromatic N) is 4. The predicted octanol–water partition coefficient (Wildman–Crippen LogP) is 2.55. The molecule has 2 fully saturated rings. The first-order valence-electron chi connectivity index (χ1n) is 8.98. The molecule has 2 saturated heterocycles. The number of rotatable bonds is 5. The number of amides is 1. The Morgan fingerprint density at radius 2 is 1.96 bits per heavy atom. The Kier molecular flexibility index (Phi) is 5.77. The average Bonchev–Trinajstić information content (AvgIpc) is 2.96. The van der Waals surface area contributed by atoms with Gasteiger partial charge in [-0.1, -0.05) is 36.1 Å². The van der Waals surface area contributed by atoms with Crippen molar-refractivity contribution >= 4 is 51.3 Å². The molecule has 27 heavy (non-hydrogen) atoms. The van der Waals surface area contributed by atoms with Gasteiger partial charge in [0, 0.05) is 26.2 Å². The molecule has 1 aromatic carbocycles. The van der Waals surface area contributed by atoms with E-state index in [1.807, 2.05) is 24.3 Å². The molecule has 0 aliphatic carbocycles. The maximum absolute atomic E-state index is 12.7. The standard InChI is InChI=1S/C19H20N4O2S2/c24-18-17(12-14-13-20-15-4-1-2-5-16(15)21-14)27-19(26)23(18)7-3-6-22-8-10-25-11-9-22/h1-2,4-5,12-13H,3,6-11H2/b17-12-. The smallest absolute Gasteiger partial charge is 0.266 e. The van der Waals surface area contributed by atoms with E-state index in [1.165, 1.54) is 11.8 Å². The number of hydrogen-bond acceptors (Lipinski definition) is 7. The van der Waals surface area contributed by atoms with E-state index in [2.05, 4.69) is 14.9 Å². The van der Waals surface area contributed by atoms with Gasteiger partial charge in [-0.2, -0.15) is 0 Å². The molecule has 1 amide bonds. The van der Waals surface area contributed by atoms with Crippen molar-refractivity contribution in [3.8, 4) is 0 Å². The number of hydrogen-bond donors (Lipinski definition) is 0. The van der Waals surface area contributed by atoms with Crippen LogP contribution in [0.5, 0.6) is 0 Å². The lowest BCUT2D eigenvalue weighted by molar-refractivity contribution is -0.122. The lowest BCUT2D eigenvalue weighted by atomic mass is 10.3. The third kappa shape index (κ3) is 4.35. The number of fused-ring (bicyclic) bond motifs is 1. The average molecular weight is 401 g/mol. The zero-order valence-electron chi connectivity index (χ0n) is 14.8. The van der Waals surface area contributed by atoms with Gasteiger partial charge in [0.1, 0.15) is 4.32 Å². The fraction of sp³-hybridized carbons (Fsp3) is 0.368. The summed E-state index contributed by atoms with van der Waals surface area (Å²) < 4.78 is 5.98. The van der Waals surface area contributed by atoms with E-state index in [0.717, 1.165) is 50.3 Å². The van der Waals surface area contributed by atoms with Crippen LogP contribution in [0.4, 0.5) is 0 Å². The third-order valence-corrected chi connectivity index (χ3v) is 5.96. The molecule has 0 bridgehead atoms. The summed E-state index contributed by atoms with van der Waals surface area (Å²) in [5.74, 6) is -0.0399. The molecule has 0 atom stereocenters. The highest BCUT2D eigenvalue weighted by Gasteiger charge is 2.31.